The van der Waals surface area contributed by atoms with Crippen LogP contribution < -0.4 is 4.90 Å². The molecule has 0 saturated heterocycles. The molecule has 0 N–H and O–H groups in total. The maximum Gasteiger partial charge on any atom is 0.258 e. The van der Waals surface area contributed by atoms with Crippen LogP contribution in [0.1, 0.15) is 22.8 Å². The summed E-state index contributed by atoms with van der Waals surface area (Å²) in [5.74, 6) is -0.591. The molecule has 0 unspecified atom stereocenters. The maximum absolute atomic E-state index is 13.9. The minimum atomic E-state index is -0.393. The van der Waals surface area contributed by atoms with Gasteiger partial charge in [0, 0.05) is 16.6 Å². The van der Waals surface area contributed by atoms with Crippen molar-refractivity contribution in [3.05, 3.63) is 63.9 Å². The van der Waals surface area contributed by atoms with E-state index in [1.807, 2.05) is 26.0 Å². The third kappa shape index (κ3) is 2.90. The Balaban J connectivity index is 2.45. The van der Waals surface area contributed by atoms with Crippen molar-refractivity contribution in [3.8, 4) is 0 Å². The number of hydrogen-bond acceptors (Lipinski definition) is 1. The normalized spacial score (nSPS) is 10.4. The first-order valence-electron chi connectivity index (χ1n) is 6.37. The molecule has 0 saturated carbocycles. The number of hydrogen-bond donors (Lipinski definition) is 0. The summed E-state index contributed by atoms with van der Waals surface area (Å²) in [7, 11) is 0. The van der Waals surface area contributed by atoms with Gasteiger partial charge < -0.3 is 4.90 Å². The van der Waals surface area contributed by atoms with E-state index in [1.54, 1.807) is 24.3 Å². The largest absolute Gasteiger partial charge is 0.306 e. The highest BCUT2D eigenvalue weighted by atomic mass is 79.9. The lowest BCUT2D eigenvalue weighted by atomic mass is 10.1. The van der Waals surface area contributed by atoms with Gasteiger partial charge >= 0.3 is 0 Å². The van der Waals surface area contributed by atoms with Gasteiger partial charge in [0.2, 0.25) is 0 Å². The second kappa shape index (κ2) is 6.18. The molecule has 2 aromatic rings. The van der Waals surface area contributed by atoms with Gasteiger partial charge in [-0.15, -0.1) is 0 Å². The first kappa shape index (κ1) is 14.7. The molecule has 0 fully saturated rings. The molecule has 0 bridgehead atoms. The van der Waals surface area contributed by atoms with Gasteiger partial charge in [0.05, 0.1) is 5.69 Å². The predicted octanol–water partition coefficient (Wildman–Crippen LogP) is 4.56. The fourth-order valence-electron chi connectivity index (χ4n) is 2.06. The summed E-state index contributed by atoms with van der Waals surface area (Å²) >= 11 is 3.36. The number of aryl methyl sites for hydroxylation is 1. The molecule has 4 heteroatoms. The minimum absolute atomic E-state index is 0.198. The Bertz CT molecular complexity index is 642. The van der Waals surface area contributed by atoms with Crippen LogP contribution in [0, 0.1) is 12.7 Å². The number of benzene rings is 2. The van der Waals surface area contributed by atoms with Gasteiger partial charge in [0.25, 0.3) is 5.91 Å². The number of carbonyl (C=O) groups excluding carboxylic acids is 1. The van der Waals surface area contributed by atoms with Gasteiger partial charge in [-0.1, -0.05) is 34.1 Å². The standard InChI is InChI=1S/C16H15BrFNO/c1-3-19(15-7-5-4-6-14(15)18)16(20)13-10-12(17)9-8-11(13)2/h4-10H,3H2,1-2H3. The first-order chi connectivity index (χ1) is 9.54. The molecule has 0 aromatic heterocycles. The van der Waals surface area contributed by atoms with E-state index in [4.69, 9.17) is 0 Å². The van der Waals surface area contributed by atoms with E-state index in [0.29, 0.717) is 17.8 Å². The molecular formula is C16H15BrFNO. The molecule has 0 radical (unpaired) electrons. The van der Waals surface area contributed by atoms with Crippen LogP contribution >= 0.6 is 15.9 Å². The van der Waals surface area contributed by atoms with E-state index in [-0.39, 0.29) is 5.91 Å². The van der Waals surface area contributed by atoms with Crippen LogP contribution in [0.3, 0.4) is 0 Å². The average Bonchev–Trinajstić information content (AvgIpc) is 2.44. The third-order valence-electron chi connectivity index (χ3n) is 3.13. The fraction of sp³-hybridized carbons (Fsp3) is 0.188. The molecule has 0 aliphatic heterocycles. The van der Waals surface area contributed by atoms with Crippen molar-refractivity contribution < 1.29 is 9.18 Å². The van der Waals surface area contributed by atoms with E-state index < -0.39 is 5.82 Å². The topological polar surface area (TPSA) is 20.3 Å². The van der Waals surface area contributed by atoms with E-state index in [2.05, 4.69) is 15.9 Å². The Morgan fingerprint density at radius 2 is 1.95 bits per heavy atom. The lowest BCUT2D eigenvalue weighted by molar-refractivity contribution is 0.0987. The highest BCUT2D eigenvalue weighted by Gasteiger charge is 2.20. The van der Waals surface area contributed by atoms with Crippen LogP contribution in [-0.4, -0.2) is 12.5 Å². The van der Waals surface area contributed by atoms with Gasteiger partial charge in [0.1, 0.15) is 5.82 Å². The average molecular weight is 336 g/mol. The maximum atomic E-state index is 13.9. The van der Waals surface area contributed by atoms with Crippen molar-refractivity contribution in [2.75, 3.05) is 11.4 Å². The van der Waals surface area contributed by atoms with Gasteiger partial charge in [-0.25, -0.2) is 4.39 Å². The van der Waals surface area contributed by atoms with Gasteiger partial charge in [-0.3, -0.25) is 4.79 Å². The number of rotatable bonds is 3. The summed E-state index contributed by atoms with van der Waals surface area (Å²) in [6.07, 6.45) is 0. The molecule has 20 heavy (non-hydrogen) atoms. The van der Waals surface area contributed by atoms with Gasteiger partial charge in [-0.2, -0.15) is 0 Å². The van der Waals surface area contributed by atoms with Crippen LogP contribution in [0.2, 0.25) is 0 Å². The van der Waals surface area contributed by atoms with Crippen LogP contribution in [-0.2, 0) is 0 Å². The molecule has 0 aliphatic rings. The molecular weight excluding hydrogens is 321 g/mol. The first-order valence-corrected chi connectivity index (χ1v) is 7.16. The zero-order valence-electron chi connectivity index (χ0n) is 11.4. The van der Waals surface area contributed by atoms with Gasteiger partial charge in [0.15, 0.2) is 0 Å². The Morgan fingerprint density at radius 1 is 1.25 bits per heavy atom. The monoisotopic (exact) mass is 335 g/mol. The summed E-state index contributed by atoms with van der Waals surface area (Å²) in [6, 6.07) is 11.8. The smallest absolute Gasteiger partial charge is 0.258 e. The number of para-hydroxylation sites is 1. The summed E-state index contributed by atoms with van der Waals surface area (Å²) in [5, 5.41) is 0. The lowest BCUT2D eigenvalue weighted by Crippen LogP contribution is -2.31. The lowest BCUT2D eigenvalue weighted by Gasteiger charge is -2.22. The van der Waals surface area contributed by atoms with E-state index >= 15 is 0 Å². The zero-order chi connectivity index (χ0) is 14.7. The molecule has 2 aromatic carbocycles. The molecule has 2 nitrogen and oxygen atoms in total. The molecule has 1 amide bonds. The second-order valence-electron chi connectivity index (χ2n) is 4.46. The van der Waals surface area contributed by atoms with Crippen LogP contribution in [0.25, 0.3) is 0 Å². The van der Waals surface area contributed by atoms with Crippen molar-refractivity contribution >= 4 is 27.5 Å². The number of halogens is 2. The van der Waals surface area contributed by atoms with Crippen LogP contribution in [0.4, 0.5) is 10.1 Å². The second-order valence-corrected chi connectivity index (χ2v) is 5.38. The van der Waals surface area contributed by atoms with E-state index in [0.717, 1.165) is 10.0 Å². The highest BCUT2D eigenvalue weighted by Crippen LogP contribution is 2.23. The molecule has 2 rings (SSSR count). The molecule has 0 atom stereocenters. The van der Waals surface area contributed by atoms with Crippen LogP contribution in [0.5, 0.6) is 0 Å². The predicted molar refractivity (Wildman–Crippen MR) is 82.6 cm³/mol. The summed E-state index contributed by atoms with van der Waals surface area (Å²) in [5.41, 5.74) is 1.75. The van der Waals surface area contributed by atoms with Crippen LogP contribution in [0.15, 0.2) is 46.9 Å². The summed E-state index contributed by atoms with van der Waals surface area (Å²) in [4.78, 5) is 14.1. The molecule has 0 heterocycles. The van der Waals surface area contributed by atoms with Crippen molar-refractivity contribution in [1.82, 2.24) is 0 Å². The quantitative estimate of drug-likeness (QED) is 0.804. The Kier molecular flexibility index (Phi) is 4.55. The van der Waals surface area contributed by atoms with Crippen molar-refractivity contribution in [1.29, 1.82) is 0 Å². The summed E-state index contributed by atoms with van der Waals surface area (Å²) in [6.45, 7) is 4.11. The zero-order valence-corrected chi connectivity index (χ0v) is 12.9. The van der Waals surface area contributed by atoms with Crippen molar-refractivity contribution in [3.63, 3.8) is 0 Å². The fourth-order valence-corrected chi connectivity index (χ4v) is 2.43. The highest BCUT2D eigenvalue weighted by molar-refractivity contribution is 9.10. The number of amides is 1. The molecule has 0 spiro atoms. The number of carbonyl (C=O) groups is 1. The minimum Gasteiger partial charge on any atom is -0.306 e. The Labute approximate surface area is 126 Å². The SMILES string of the molecule is CCN(C(=O)c1cc(Br)ccc1C)c1ccccc1F. The third-order valence-corrected chi connectivity index (χ3v) is 3.63. The van der Waals surface area contributed by atoms with Crippen molar-refractivity contribution in [2.24, 2.45) is 0 Å². The number of nitrogens with zero attached hydrogens (tertiary/aromatic N) is 1. The van der Waals surface area contributed by atoms with Crippen molar-refractivity contribution in [2.45, 2.75) is 13.8 Å². The molecule has 0 aliphatic carbocycles. The number of anilines is 1. The Morgan fingerprint density at radius 3 is 2.60 bits per heavy atom. The summed E-state index contributed by atoms with van der Waals surface area (Å²) < 4.78 is 14.7. The van der Waals surface area contributed by atoms with Gasteiger partial charge in [-0.05, 0) is 43.7 Å². The Hall–Kier alpha value is -1.68. The molecule has 104 valence electrons. The van der Waals surface area contributed by atoms with E-state index in [9.17, 15) is 9.18 Å². The van der Waals surface area contributed by atoms with E-state index in [1.165, 1.54) is 11.0 Å².